The molecule has 0 aliphatic heterocycles. The van der Waals surface area contributed by atoms with Gasteiger partial charge in [0.05, 0.1) is 16.4 Å². The number of benzene rings is 5. The van der Waals surface area contributed by atoms with Crippen LogP contribution in [-0.4, -0.2) is 9.38 Å². The van der Waals surface area contributed by atoms with Gasteiger partial charge < -0.3 is 0 Å². The van der Waals surface area contributed by atoms with Crippen molar-refractivity contribution in [2.45, 2.75) is 0 Å². The number of hydrogen-bond donors (Lipinski definition) is 0. The topological polar surface area (TPSA) is 34.4 Å². The zero-order valence-electron chi connectivity index (χ0n) is 17.7. The summed E-state index contributed by atoms with van der Waals surface area (Å²) >= 11 is 0. The molecular formula is C30H18N2O. The average Bonchev–Trinajstić information content (AvgIpc) is 2.88. The molecular weight excluding hydrogens is 404 g/mol. The zero-order chi connectivity index (χ0) is 21.9. The molecule has 33 heavy (non-hydrogen) atoms. The molecule has 3 nitrogen and oxygen atoms in total. The molecule has 0 spiro atoms. The summed E-state index contributed by atoms with van der Waals surface area (Å²) in [5.41, 5.74) is 4.41. The highest BCUT2D eigenvalue weighted by Crippen LogP contribution is 2.31. The van der Waals surface area contributed by atoms with Gasteiger partial charge in [0, 0.05) is 0 Å². The van der Waals surface area contributed by atoms with E-state index in [1.54, 1.807) is 4.40 Å². The molecule has 2 heterocycles. The van der Waals surface area contributed by atoms with Gasteiger partial charge in [-0.3, -0.25) is 9.20 Å². The molecule has 0 atom stereocenters. The molecule has 7 aromatic rings. The molecule has 5 aromatic carbocycles. The van der Waals surface area contributed by atoms with Crippen molar-refractivity contribution in [1.82, 2.24) is 9.38 Å². The van der Waals surface area contributed by atoms with Crippen LogP contribution < -0.4 is 5.56 Å². The van der Waals surface area contributed by atoms with Crippen LogP contribution in [0, 0.1) is 0 Å². The molecule has 0 fully saturated rings. The molecule has 154 valence electrons. The minimum absolute atomic E-state index is 0.0386. The number of hydrogen-bond acceptors (Lipinski definition) is 2. The Balaban J connectivity index is 1.49. The van der Waals surface area contributed by atoms with Crippen molar-refractivity contribution in [3.05, 3.63) is 120 Å². The van der Waals surface area contributed by atoms with Gasteiger partial charge in [0.15, 0.2) is 0 Å². The van der Waals surface area contributed by atoms with Crippen LogP contribution in [0.1, 0.15) is 0 Å². The number of fused-ring (bicyclic) bond motifs is 7. The Morgan fingerprint density at radius 3 is 2.15 bits per heavy atom. The largest absolute Gasteiger partial charge is 0.268 e. The maximum absolute atomic E-state index is 13.4. The molecule has 0 unspecified atom stereocenters. The lowest BCUT2D eigenvalue weighted by molar-refractivity contribution is 1.13. The summed E-state index contributed by atoms with van der Waals surface area (Å²) < 4.78 is 1.73. The number of rotatable bonds is 1. The van der Waals surface area contributed by atoms with Gasteiger partial charge in [-0.25, -0.2) is 4.98 Å². The third-order valence-electron chi connectivity index (χ3n) is 6.56. The van der Waals surface area contributed by atoms with Crippen LogP contribution in [0.3, 0.4) is 0 Å². The first-order chi connectivity index (χ1) is 16.3. The number of pyridine rings is 1. The normalized spacial score (nSPS) is 11.8. The van der Waals surface area contributed by atoms with E-state index in [0.29, 0.717) is 11.0 Å². The van der Waals surface area contributed by atoms with Crippen molar-refractivity contribution in [1.29, 1.82) is 0 Å². The predicted octanol–water partition coefficient (Wildman–Crippen LogP) is 6.97. The highest BCUT2D eigenvalue weighted by molar-refractivity contribution is 6.08. The van der Waals surface area contributed by atoms with Gasteiger partial charge in [0.1, 0.15) is 5.65 Å². The molecule has 3 heteroatoms. The summed E-state index contributed by atoms with van der Waals surface area (Å²) in [7, 11) is 0. The van der Waals surface area contributed by atoms with E-state index in [1.807, 2.05) is 36.4 Å². The molecule has 0 amide bonds. The van der Waals surface area contributed by atoms with E-state index in [-0.39, 0.29) is 5.56 Å². The zero-order valence-corrected chi connectivity index (χ0v) is 17.7. The molecule has 0 aliphatic rings. The summed E-state index contributed by atoms with van der Waals surface area (Å²) in [6.07, 6.45) is 0. The maximum Gasteiger partial charge on any atom is 0.266 e. The van der Waals surface area contributed by atoms with Crippen LogP contribution in [0.2, 0.25) is 0 Å². The standard InChI is InChI=1S/C30H18N2O/c33-30-26-7-3-4-8-27(26)31-29-16-14-20-10-11-22(18-28(20)32(29)30)21-13-15-25-23(17-21)12-9-19-5-1-2-6-24(19)25/h1-18H. The minimum atomic E-state index is -0.0386. The Bertz CT molecular complexity index is 1950. The minimum Gasteiger partial charge on any atom is -0.268 e. The van der Waals surface area contributed by atoms with Gasteiger partial charge in [0.2, 0.25) is 0 Å². The first kappa shape index (κ1) is 18.1. The van der Waals surface area contributed by atoms with Gasteiger partial charge >= 0.3 is 0 Å². The van der Waals surface area contributed by atoms with Crippen LogP contribution in [0.15, 0.2) is 114 Å². The summed E-state index contributed by atoms with van der Waals surface area (Å²) in [5, 5.41) is 6.59. The monoisotopic (exact) mass is 422 g/mol. The lowest BCUT2D eigenvalue weighted by Crippen LogP contribution is -2.15. The summed E-state index contributed by atoms with van der Waals surface area (Å²) in [6, 6.07) is 37.2. The summed E-state index contributed by atoms with van der Waals surface area (Å²) in [4.78, 5) is 18.1. The van der Waals surface area contributed by atoms with Crippen LogP contribution >= 0.6 is 0 Å². The molecule has 7 rings (SSSR count). The van der Waals surface area contributed by atoms with Crippen LogP contribution in [-0.2, 0) is 0 Å². The SMILES string of the molecule is O=c1c2ccccc2nc2ccc3ccc(-c4ccc5c(ccc6ccccc65)c4)cc3n12. The highest BCUT2D eigenvalue weighted by Gasteiger charge is 2.10. The Morgan fingerprint density at radius 2 is 1.21 bits per heavy atom. The van der Waals surface area contributed by atoms with Crippen molar-refractivity contribution < 1.29 is 0 Å². The smallest absolute Gasteiger partial charge is 0.266 e. The molecule has 2 aromatic heterocycles. The Morgan fingerprint density at radius 1 is 0.545 bits per heavy atom. The second kappa shape index (κ2) is 6.75. The fourth-order valence-corrected chi connectivity index (χ4v) is 4.91. The van der Waals surface area contributed by atoms with Crippen molar-refractivity contribution in [2.75, 3.05) is 0 Å². The number of para-hydroxylation sites is 1. The van der Waals surface area contributed by atoms with Gasteiger partial charge in [0.25, 0.3) is 5.56 Å². The van der Waals surface area contributed by atoms with Gasteiger partial charge in [-0.2, -0.15) is 0 Å². The fourth-order valence-electron chi connectivity index (χ4n) is 4.91. The highest BCUT2D eigenvalue weighted by atomic mass is 16.1. The summed E-state index contributed by atoms with van der Waals surface area (Å²) in [5.74, 6) is 0. The van der Waals surface area contributed by atoms with Crippen LogP contribution in [0.25, 0.3) is 60.1 Å². The van der Waals surface area contributed by atoms with Gasteiger partial charge in [-0.1, -0.05) is 72.8 Å². The van der Waals surface area contributed by atoms with Crippen molar-refractivity contribution in [3.8, 4) is 11.1 Å². The quantitative estimate of drug-likeness (QED) is 0.211. The second-order valence-corrected chi connectivity index (χ2v) is 8.46. The molecule has 0 saturated heterocycles. The van der Waals surface area contributed by atoms with Crippen LogP contribution in [0.4, 0.5) is 0 Å². The first-order valence-electron chi connectivity index (χ1n) is 11.0. The second-order valence-electron chi connectivity index (χ2n) is 8.46. The van der Waals surface area contributed by atoms with Gasteiger partial charge in [-0.05, 0) is 74.5 Å². The molecule has 0 saturated carbocycles. The fraction of sp³-hybridized carbons (Fsp3) is 0. The maximum atomic E-state index is 13.4. The van der Waals surface area contributed by atoms with E-state index in [4.69, 9.17) is 4.98 Å². The third-order valence-corrected chi connectivity index (χ3v) is 6.56. The Labute approximate surface area is 189 Å². The third kappa shape index (κ3) is 2.69. The van der Waals surface area contributed by atoms with Crippen molar-refractivity contribution in [2.24, 2.45) is 0 Å². The number of aromatic nitrogens is 2. The van der Waals surface area contributed by atoms with Crippen LogP contribution in [0.5, 0.6) is 0 Å². The predicted molar refractivity (Wildman–Crippen MR) is 137 cm³/mol. The summed E-state index contributed by atoms with van der Waals surface area (Å²) in [6.45, 7) is 0. The molecule has 0 bridgehead atoms. The molecule has 0 N–H and O–H groups in total. The van der Waals surface area contributed by atoms with E-state index in [0.717, 1.165) is 27.5 Å². The number of nitrogens with zero attached hydrogens (tertiary/aromatic N) is 2. The Kier molecular flexibility index (Phi) is 3.70. The van der Waals surface area contributed by atoms with Crippen molar-refractivity contribution in [3.63, 3.8) is 0 Å². The Hall–Kier alpha value is -4.50. The lowest BCUT2D eigenvalue weighted by Gasteiger charge is -2.11. The van der Waals surface area contributed by atoms with E-state index < -0.39 is 0 Å². The van der Waals surface area contributed by atoms with E-state index in [1.165, 1.54) is 21.5 Å². The van der Waals surface area contributed by atoms with E-state index >= 15 is 0 Å². The van der Waals surface area contributed by atoms with Gasteiger partial charge in [-0.15, -0.1) is 0 Å². The molecule has 0 radical (unpaired) electrons. The average molecular weight is 422 g/mol. The molecule has 0 aliphatic carbocycles. The lowest BCUT2D eigenvalue weighted by atomic mass is 9.97. The van der Waals surface area contributed by atoms with Crippen molar-refractivity contribution >= 4 is 49.0 Å². The van der Waals surface area contributed by atoms with E-state index in [9.17, 15) is 4.79 Å². The first-order valence-corrected chi connectivity index (χ1v) is 11.0. The van der Waals surface area contributed by atoms with E-state index in [2.05, 4.69) is 72.8 Å².